The summed E-state index contributed by atoms with van der Waals surface area (Å²) >= 11 is 0. The highest BCUT2D eigenvalue weighted by molar-refractivity contribution is 5.84. The van der Waals surface area contributed by atoms with Gasteiger partial charge in [-0.3, -0.25) is 4.79 Å². The lowest BCUT2D eigenvalue weighted by molar-refractivity contribution is -0.121. The van der Waals surface area contributed by atoms with Gasteiger partial charge in [0.15, 0.2) is 0 Å². The molecule has 5 nitrogen and oxygen atoms in total. The van der Waals surface area contributed by atoms with E-state index >= 15 is 0 Å². The Balaban J connectivity index is 2.75. The van der Waals surface area contributed by atoms with Crippen molar-refractivity contribution >= 4 is 11.6 Å². The normalized spacial score (nSPS) is 11.3. The van der Waals surface area contributed by atoms with Crippen LogP contribution < -0.4 is 20.1 Å². The number of ether oxygens (including phenoxy) is 2. The predicted molar refractivity (Wildman–Crippen MR) is 75.8 cm³/mol. The number of rotatable bonds is 7. The molecule has 0 saturated heterocycles. The fraction of sp³-hybridized carbons (Fsp3) is 0.357. The maximum absolute atomic E-state index is 11.7. The molecular weight excluding hydrogens is 244 g/mol. The van der Waals surface area contributed by atoms with Crippen molar-refractivity contribution in [3.05, 3.63) is 30.9 Å². The number of amides is 1. The van der Waals surface area contributed by atoms with E-state index in [4.69, 9.17) is 9.47 Å². The number of nitrogens with one attached hydrogen (secondary N) is 2. The standard InChI is InChI=1S/C14H20N2O3/c1-5-8-15-14(17)10(2)16-12-7-6-11(18-3)9-13(12)19-4/h5-7,9-10,16H,1,8H2,2-4H3,(H,15,17)/t10-/m1/s1. The van der Waals surface area contributed by atoms with Crippen molar-refractivity contribution in [3.8, 4) is 11.5 Å². The van der Waals surface area contributed by atoms with E-state index in [2.05, 4.69) is 17.2 Å². The Morgan fingerprint density at radius 3 is 2.74 bits per heavy atom. The average molecular weight is 264 g/mol. The molecule has 0 aliphatic rings. The number of benzene rings is 1. The zero-order valence-electron chi connectivity index (χ0n) is 11.5. The minimum absolute atomic E-state index is 0.0993. The third-order valence-corrected chi connectivity index (χ3v) is 2.59. The number of carbonyl (C=O) groups excluding carboxylic acids is 1. The molecule has 104 valence electrons. The topological polar surface area (TPSA) is 59.6 Å². The molecule has 0 aliphatic carbocycles. The van der Waals surface area contributed by atoms with Gasteiger partial charge in [0, 0.05) is 12.6 Å². The van der Waals surface area contributed by atoms with Crippen LogP contribution in [0.3, 0.4) is 0 Å². The van der Waals surface area contributed by atoms with Crippen LogP contribution in [-0.2, 0) is 4.79 Å². The molecule has 1 amide bonds. The monoisotopic (exact) mass is 264 g/mol. The van der Waals surface area contributed by atoms with Crippen molar-refractivity contribution < 1.29 is 14.3 Å². The fourth-order valence-electron chi connectivity index (χ4n) is 1.54. The van der Waals surface area contributed by atoms with Gasteiger partial charge in [0.2, 0.25) is 5.91 Å². The van der Waals surface area contributed by atoms with E-state index in [9.17, 15) is 4.79 Å². The van der Waals surface area contributed by atoms with Gasteiger partial charge in [-0.2, -0.15) is 0 Å². The first kappa shape index (κ1) is 14.9. The van der Waals surface area contributed by atoms with Gasteiger partial charge in [0.25, 0.3) is 0 Å². The van der Waals surface area contributed by atoms with Gasteiger partial charge in [-0.15, -0.1) is 6.58 Å². The minimum atomic E-state index is -0.373. The zero-order chi connectivity index (χ0) is 14.3. The van der Waals surface area contributed by atoms with Crippen molar-refractivity contribution in [3.63, 3.8) is 0 Å². The fourth-order valence-corrected chi connectivity index (χ4v) is 1.54. The van der Waals surface area contributed by atoms with Gasteiger partial charge in [0.1, 0.15) is 17.5 Å². The maximum atomic E-state index is 11.7. The predicted octanol–water partition coefficient (Wildman–Crippen LogP) is 1.81. The van der Waals surface area contributed by atoms with E-state index in [0.717, 1.165) is 5.69 Å². The van der Waals surface area contributed by atoms with E-state index < -0.39 is 0 Å². The molecule has 19 heavy (non-hydrogen) atoms. The summed E-state index contributed by atoms with van der Waals surface area (Å²) in [6, 6.07) is 5.01. The highest BCUT2D eigenvalue weighted by atomic mass is 16.5. The lowest BCUT2D eigenvalue weighted by Gasteiger charge is -2.17. The molecule has 5 heteroatoms. The molecule has 0 fully saturated rings. The van der Waals surface area contributed by atoms with E-state index in [0.29, 0.717) is 18.0 Å². The van der Waals surface area contributed by atoms with Crippen LogP contribution in [0.1, 0.15) is 6.92 Å². The van der Waals surface area contributed by atoms with Crippen LogP contribution in [-0.4, -0.2) is 32.7 Å². The van der Waals surface area contributed by atoms with Gasteiger partial charge >= 0.3 is 0 Å². The Bertz CT molecular complexity index is 446. The maximum Gasteiger partial charge on any atom is 0.242 e. The summed E-state index contributed by atoms with van der Waals surface area (Å²) in [5.74, 6) is 1.23. The summed E-state index contributed by atoms with van der Waals surface area (Å²) in [6.45, 7) is 5.78. The van der Waals surface area contributed by atoms with Crippen molar-refractivity contribution in [2.45, 2.75) is 13.0 Å². The third-order valence-electron chi connectivity index (χ3n) is 2.59. The number of hydrogen-bond acceptors (Lipinski definition) is 4. The van der Waals surface area contributed by atoms with Crippen LogP contribution in [0.25, 0.3) is 0 Å². The molecule has 0 aromatic heterocycles. The van der Waals surface area contributed by atoms with Gasteiger partial charge in [0.05, 0.1) is 19.9 Å². The molecule has 0 unspecified atom stereocenters. The Morgan fingerprint density at radius 1 is 1.42 bits per heavy atom. The smallest absolute Gasteiger partial charge is 0.242 e. The first-order chi connectivity index (χ1) is 9.12. The van der Waals surface area contributed by atoms with Crippen molar-refractivity contribution in [1.82, 2.24) is 5.32 Å². The molecule has 0 bridgehead atoms. The molecule has 1 rings (SSSR count). The molecule has 0 aliphatic heterocycles. The van der Waals surface area contributed by atoms with Gasteiger partial charge < -0.3 is 20.1 Å². The first-order valence-electron chi connectivity index (χ1n) is 5.99. The van der Waals surface area contributed by atoms with Crippen LogP contribution in [0.4, 0.5) is 5.69 Å². The van der Waals surface area contributed by atoms with Crippen molar-refractivity contribution in [2.24, 2.45) is 0 Å². The van der Waals surface area contributed by atoms with Gasteiger partial charge in [-0.25, -0.2) is 0 Å². The molecule has 1 aromatic rings. The Hall–Kier alpha value is -2.17. The van der Waals surface area contributed by atoms with Crippen LogP contribution in [0.5, 0.6) is 11.5 Å². The lowest BCUT2D eigenvalue weighted by Crippen LogP contribution is -2.37. The molecule has 0 spiro atoms. The number of carbonyl (C=O) groups is 1. The summed E-state index contributed by atoms with van der Waals surface area (Å²) in [7, 11) is 3.16. The molecule has 0 saturated carbocycles. The second-order valence-electron chi connectivity index (χ2n) is 3.97. The van der Waals surface area contributed by atoms with Crippen molar-refractivity contribution in [2.75, 3.05) is 26.1 Å². The summed E-state index contributed by atoms with van der Waals surface area (Å²) in [6.07, 6.45) is 1.64. The second-order valence-corrected chi connectivity index (χ2v) is 3.97. The molecular formula is C14H20N2O3. The Kier molecular flexibility index (Phi) is 5.73. The zero-order valence-corrected chi connectivity index (χ0v) is 11.5. The van der Waals surface area contributed by atoms with E-state index in [1.807, 2.05) is 6.07 Å². The van der Waals surface area contributed by atoms with Crippen molar-refractivity contribution in [1.29, 1.82) is 0 Å². The SMILES string of the molecule is C=CCNC(=O)[C@@H](C)Nc1ccc(OC)cc1OC. The summed E-state index contributed by atoms with van der Waals surface area (Å²) < 4.78 is 10.4. The summed E-state index contributed by atoms with van der Waals surface area (Å²) in [4.78, 5) is 11.7. The molecule has 2 N–H and O–H groups in total. The number of anilines is 1. The molecule has 1 atom stereocenters. The first-order valence-corrected chi connectivity index (χ1v) is 5.99. The van der Waals surface area contributed by atoms with Crippen LogP contribution in [0, 0.1) is 0 Å². The van der Waals surface area contributed by atoms with E-state index in [1.165, 1.54) is 0 Å². The van der Waals surface area contributed by atoms with Gasteiger partial charge in [-0.05, 0) is 19.1 Å². The summed E-state index contributed by atoms with van der Waals surface area (Å²) in [5, 5.41) is 5.82. The third kappa shape index (κ3) is 4.21. The van der Waals surface area contributed by atoms with E-state index in [-0.39, 0.29) is 11.9 Å². The van der Waals surface area contributed by atoms with Gasteiger partial charge in [-0.1, -0.05) is 6.08 Å². The van der Waals surface area contributed by atoms with Crippen LogP contribution in [0.15, 0.2) is 30.9 Å². The highest BCUT2D eigenvalue weighted by Gasteiger charge is 2.14. The van der Waals surface area contributed by atoms with E-state index in [1.54, 1.807) is 39.4 Å². The van der Waals surface area contributed by atoms with Crippen LogP contribution in [0.2, 0.25) is 0 Å². The number of methoxy groups -OCH3 is 2. The quantitative estimate of drug-likeness (QED) is 0.737. The molecule has 0 radical (unpaired) electrons. The summed E-state index contributed by atoms with van der Waals surface area (Å²) in [5.41, 5.74) is 0.740. The largest absolute Gasteiger partial charge is 0.497 e. The van der Waals surface area contributed by atoms with Crippen LogP contribution >= 0.6 is 0 Å². The molecule has 1 aromatic carbocycles. The number of hydrogen-bond donors (Lipinski definition) is 2. The second kappa shape index (κ2) is 7.31. The minimum Gasteiger partial charge on any atom is -0.497 e. The average Bonchev–Trinajstić information content (AvgIpc) is 2.44. The highest BCUT2D eigenvalue weighted by Crippen LogP contribution is 2.29. The Labute approximate surface area is 113 Å². The lowest BCUT2D eigenvalue weighted by atomic mass is 10.2. The Morgan fingerprint density at radius 2 is 2.16 bits per heavy atom. The molecule has 0 heterocycles.